The molecule has 2 aromatic rings. The Morgan fingerprint density at radius 1 is 1.38 bits per heavy atom. The molecule has 66 valence electrons. The Labute approximate surface area is 75.2 Å². The van der Waals surface area contributed by atoms with E-state index in [2.05, 4.69) is 15.1 Å². The highest BCUT2D eigenvalue weighted by atomic mass is 15.2. The maximum absolute atomic E-state index is 5.52. The molecule has 0 unspecified atom stereocenters. The third kappa shape index (κ3) is 1.48. The molecule has 5 heteroatoms. The van der Waals surface area contributed by atoms with Crippen LogP contribution in [0.4, 0.5) is 5.82 Å². The summed E-state index contributed by atoms with van der Waals surface area (Å²) in [5.74, 6) is 0.467. The minimum Gasteiger partial charge on any atom is -0.384 e. The van der Waals surface area contributed by atoms with Crippen molar-refractivity contribution < 1.29 is 0 Å². The average Bonchev–Trinajstić information content (AvgIpc) is 2.52. The van der Waals surface area contributed by atoms with Crippen LogP contribution in [0, 0.1) is 0 Å². The molecule has 2 aromatic heterocycles. The molecule has 0 saturated carbocycles. The van der Waals surface area contributed by atoms with Gasteiger partial charge in [-0.05, 0) is 0 Å². The molecule has 0 fully saturated rings. The number of anilines is 1. The van der Waals surface area contributed by atoms with Gasteiger partial charge in [-0.25, -0.2) is 9.97 Å². The number of nitrogens with two attached hydrogens (primary N) is 1. The lowest BCUT2D eigenvalue weighted by Gasteiger charge is -1.95. The number of nitrogens with zero attached hydrogens (tertiary/aromatic N) is 4. The molecule has 0 aliphatic rings. The third-order valence-corrected chi connectivity index (χ3v) is 1.69. The van der Waals surface area contributed by atoms with E-state index in [4.69, 9.17) is 5.73 Å². The van der Waals surface area contributed by atoms with E-state index >= 15 is 0 Å². The maximum Gasteiger partial charge on any atom is 0.127 e. The molecule has 2 heterocycles. The molecular formula is C8H9N5. The first kappa shape index (κ1) is 7.72. The second-order valence-electron chi connectivity index (χ2n) is 2.73. The van der Waals surface area contributed by atoms with E-state index in [1.165, 1.54) is 6.33 Å². The maximum atomic E-state index is 5.52. The van der Waals surface area contributed by atoms with Gasteiger partial charge in [0.25, 0.3) is 0 Å². The Morgan fingerprint density at radius 2 is 2.23 bits per heavy atom. The zero-order valence-corrected chi connectivity index (χ0v) is 7.18. The molecule has 0 amide bonds. The standard InChI is InChI=1S/C8H9N5/c1-13-4-6(3-12-13)7-2-8(9)11-5-10-7/h2-5H,1H3,(H2,9,10,11). The van der Waals surface area contributed by atoms with Gasteiger partial charge in [0.1, 0.15) is 12.1 Å². The summed E-state index contributed by atoms with van der Waals surface area (Å²) in [6, 6.07) is 1.72. The zero-order chi connectivity index (χ0) is 9.26. The lowest BCUT2D eigenvalue weighted by molar-refractivity contribution is 0.768. The van der Waals surface area contributed by atoms with E-state index in [1.54, 1.807) is 16.9 Å². The van der Waals surface area contributed by atoms with Crippen molar-refractivity contribution in [1.82, 2.24) is 19.7 Å². The van der Waals surface area contributed by atoms with E-state index in [1.807, 2.05) is 13.2 Å². The molecule has 0 atom stereocenters. The van der Waals surface area contributed by atoms with E-state index < -0.39 is 0 Å². The fourth-order valence-corrected chi connectivity index (χ4v) is 1.08. The van der Waals surface area contributed by atoms with Crippen molar-refractivity contribution in [3.63, 3.8) is 0 Å². The number of hydrogen-bond donors (Lipinski definition) is 1. The van der Waals surface area contributed by atoms with Gasteiger partial charge in [0.05, 0.1) is 11.9 Å². The van der Waals surface area contributed by atoms with E-state index in [0.717, 1.165) is 11.3 Å². The molecule has 0 aliphatic heterocycles. The quantitative estimate of drug-likeness (QED) is 0.683. The molecule has 13 heavy (non-hydrogen) atoms. The van der Waals surface area contributed by atoms with Gasteiger partial charge < -0.3 is 5.73 Å². The summed E-state index contributed by atoms with van der Waals surface area (Å²) in [7, 11) is 1.86. The van der Waals surface area contributed by atoms with Crippen LogP contribution in [0.5, 0.6) is 0 Å². The van der Waals surface area contributed by atoms with Gasteiger partial charge in [0.15, 0.2) is 0 Å². The van der Waals surface area contributed by atoms with Gasteiger partial charge >= 0.3 is 0 Å². The Kier molecular flexibility index (Phi) is 1.70. The Hall–Kier alpha value is -1.91. The third-order valence-electron chi connectivity index (χ3n) is 1.69. The molecule has 0 bridgehead atoms. The first-order valence-electron chi connectivity index (χ1n) is 3.82. The number of aromatic nitrogens is 4. The fourth-order valence-electron chi connectivity index (χ4n) is 1.08. The van der Waals surface area contributed by atoms with Crippen LogP contribution in [0.1, 0.15) is 0 Å². The number of nitrogen functional groups attached to an aromatic ring is 1. The average molecular weight is 175 g/mol. The first-order chi connectivity index (χ1) is 6.25. The molecular weight excluding hydrogens is 166 g/mol. The lowest BCUT2D eigenvalue weighted by Crippen LogP contribution is -1.91. The summed E-state index contributed by atoms with van der Waals surface area (Å²) in [6.45, 7) is 0. The van der Waals surface area contributed by atoms with Gasteiger partial charge in [-0.3, -0.25) is 4.68 Å². The predicted octanol–water partition coefficient (Wildman–Crippen LogP) is 0.459. The zero-order valence-electron chi connectivity index (χ0n) is 7.18. The Balaban J connectivity index is 2.46. The number of hydrogen-bond acceptors (Lipinski definition) is 4. The Bertz CT molecular complexity index is 420. The molecule has 0 spiro atoms. The minimum absolute atomic E-state index is 0.467. The molecule has 0 aliphatic carbocycles. The molecule has 2 N–H and O–H groups in total. The molecule has 2 rings (SSSR count). The minimum atomic E-state index is 0.467. The van der Waals surface area contributed by atoms with Crippen LogP contribution < -0.4 is 5.73 Å². The van der Waals surface area contributed by atoms with E-state index in [9.17, 15) is 0 Å². The van der Waals surface area contributed by atoms with Crippen LogP contribution in [-0.4, -0.2) is 19.7 Å². The lowest BCUT2D eigenvalue weighted by atomic mass is 10.2. The summed E-state index contributed by atoms with van der Waals surface area (Å²) in [6.07, 6.45) is 5.06. The summed E-state index contributed by atoms with van der Waals surface area (Å²) in [5, 5.41) is 4.04. The highest BCUT2D eigenvalue weighted by Gasteiger charge is 2.01. The predicted molar refractivity (Wildman–Crippen MR) is 48.6 cm³/mol. The van der Waals surface area contributed by atoms with Crippen LogP contribution in [-0.2, 0) is 7.05 Å². The van der Waals surface area contributed by atoms with Gasteiger partial charge in [0, 0.05) is 24.9 Å². The van der Waals surface area contributed by atoms with Crippen molar-refractivity contribution in [2.24, 2.45) is 7.05 Å². The molecule has 0 saturated heterocycles. The van der Waals surface area contributed by atoms with Crippen LogP contribution >= 0.6 is 0 Å². The summed E-state index contributed by atoms with van der Waals surface area (Å²) in [5.41, 5.74) is 7.26. The highest BCUT2D eigenvalue weighted by Crippen LogP contribution is 2.15. The van der Waals surface area contributed by atoms with Gasteiger partial charge in [-0.1, -0.05) is 0 Å². The smallest absolute Gasteiger partial charge is 0.127 e. The summed E-state index contributed by atoms with van der Waals surface area (Å²) < 4.78 is 1.72. The van der Waals surface area contributed by atoms with Crippen molar-refractivity contribution in [1.29, 1.82) is 0 Å². The second kappa shape index (κ2) is 2.85. The van der Waals surface area contributed by atoms with Crippen LogP contribution in [0.2, 0.25) is 0 Å². The van der Waals surface area contributed by atoms with Crippen molar-refractivity contribution in [2.75, 3.05) is 5.73 Å². The van der Waals surface area contributed by atoms with Gasteiger partial charge in [-0.15, -0.1) is 0 Å². The van der Waals surface area contributed by atoms with Crippen molar-refractivity contribution >= 4 is 5.82 Å². The SMILES string of the molecule is Cn1cc(-c2cc(N)ncn2)cn1. The summed E-state index contributed by atoms with van der Waals surface area (Å²) in [4.78, 5) is 7.89. The van der Waals surface area contributed by atoms with Crippen molar-refractivity contribution in [3.8, 4) is 11.3 Å². The van der Waals surface area contributed by atoms with E-state index in [-0.39, 0.29) is 0 Å². The van der Waals surface area contributed by atoms with Crippen LogP contribution in [0.25, 0.3) is 11.3 Å². The van der Waals surface area contributed by atoms with Crippen LogP contribution in [0.3, 0.4) is 0 Å². The first-order valence-corrected chi connectivity index (χ1v) is 3.82. The van der Waals surface area contributed by atoms with Gasteiger partial charge in [-0.2, -0.15) is 5.10 Å². The highest BCUT2D eigenvalue weighted by molar-refractivity contribution is 5.59. The fraction of sp³-hybridized carbons (Fsp3) is 0.125. The van der Waals surface area contributed by atoms with Gasteiger partial charge in [0.2, 0.25) is 0 Å². The monoisotopic (exact) mass is 175 g/mol. The molecule has 0 radical (unpaired) electrons. The van der Waals surface area contributed by atoms with E-state index in [0.29, 0.717) is 5.82 Å². The normalized spacial score (nSPS) is 10.2. The second-order valence-corrected chi connectivity index (χ2v) is 2.73. The Morgan fingerprint density at radius 3 is 2.85 bits per heavy atom. The van der Waals surface area contributed by atoms with Crippen molar-refractivity contribution in [2.45, 2.75) is 0 Å². The summed E-state index contributed by atoms with van der Waals surface area (Å²) >= 11 is 0. The van der Waals surface area contributed by atoms with Crippen LogP contribution in [0.15, 0.2) is 24.8 Å². The number of rotatable bonds is 1. The number of aryl methyl sites for hydroxylation is 1. The topological polar surface area (TPSA) is 69.6 Å². The molecule has 0 aromatic carbocycles. The molecule has 5 nitrogen and oxygen atoms in total. The van der Waals surface area contributed by atoms with Crippen molar-refractivity contribution in [3.05, 3.63) is 24.8 Å². The largest absolute Gasteiger partial charge is 0.384 e.